The third kappa shape index (κ3) is 2.77. The largest absolute Gasteiger partial charge is 0.392 e. The lowest BCUT2D eigenvalue weighted by Crippen LogP contribution is -2.37. The summed E-state index contributed by atoms with van der Waals surface area (Å²) in [7, 11) is 0. The predicted octanol–water partition coefficient (Wildman–Crippen LogP) is 1.38. The minimum Gasteiger partial charge on any atom is -0.392 e. The average Bonchev–Trinajstić information content (AvgIpc) is 2.76. The van der Waals surface area contributed by atoms with E-state index in [2.05, 4.69) is 5.16 Å². The molecule has 0 fully saturated rings. The van der Waals surface area contributed by atoms with Gasteiger partial charge in [-0.2, -0.15) is 0 Å². The van der Waals surface area contributed by atoms with E-state index in [0.717, 1.165) is 11.3 Å². The van der Waals surface area contributed by atoms with Gasteiger partial charge in [0.25, 0.3) is 0 Å². The van der Waals surface area contributed by atoms with Gasteiger partial charge in [0.15, 0.2) is 5.60 Å². The quantitative estimate of drug-likeness (QED) is 0.855. The lowest BCUT2D eigenvalue weighted by atomic mass is 9.96. The standard InChI is InChI=1S/C12H14ClNO3/c13-10-3-1-9(2-4-10)5-11-6-12(7-15,8-16)17-14-11/h1-4,15-16H,5-8H2. The first-order chi connectivity index (χ1) is 8.17. The molecule has 92 valence electrons. The van der Waals surface area contributed by atoms with Crippen molar-refractivity contribution in [3.05, 3.63) is 34.9 Å². The van der Waals surface area contributed by atoms with E-state index in [0.29, 0.717) is 17.9 Å². The molecule has 0 saturated carbocycles. The number of nitrogens with zero attached hydrogens (tertiary/aromatic N) is 1. The Morgan fingerprint density at radius 1 is 1.24 bits per heavy atom. The Hall–Kier alpha value is -1.10. The second-order valence-electron chi connectivity index (χ2n) is 4.23. The fourth-order valence-electron chi connectivity index (χ4n) is 1.75. The molecular weight excluding hydrogens is 242 g/mol. The Kier molecular flexibility index (Phi) is 3.66. The van der Waals surface area contributed by atoms with Crippen LogP contribution in [0.1, 0.15) is 12.0 Å². The molecule has 0 aliphatic carbocycles. The first kappa shape index (κ1) is 12.4. The SMILES string of the molecule is OCC1(CO)CC(Cc2ccc(Cl)cc2)=NO1. The molecule has 5 heteroatoms. The second kappa shape index (κ2) is 5.04. The highest BCUT2D eigenvalue weighted by molar-refractivity contribution is 6.30. The molecule has 2 N–H and O–H groups in total. The normalized spacial score (nSPS) is 17.7. The summed E-state index contributed by atoms with van der Waals surface area (Å²) in [5.41, 5.74) is 0.945. The number of benzene rings is 1. The predicted molar refractivity (Wildman–Crippen MR) is 65.2 cm³/mol. The van der Waals surface area contributed by atoms with Crippen LogP contribution in [0.4, 0.5) is 0 Å². The summed E-state index contributed by atoms with van der Waals surface area (Å²) < 4.78 is 0. The van der Waals surface area contributed by atoms with Crippen molar-refractivity contribution >= 4 is 17.3 Å². The number of aliphatic hydroxyl groups excluding tert-OH is 2. The average molecular weight is 256 g/mol. The molecular formula is C12H14ClNO3. The van der Waals surface area contributed by atoms with Crippen molar-refractivity contribution in [2.45, 2.75) is 18.4 Å². The van der Waals surface area contributed by atoms with E-state index in [9.17, 15) is 0 Å². The van der Waals surface area contributed by atoms with Crippen molar-refractivity contribution in [2.75, 3.05) is 13.2 Å². The van der Waals surface area contributed by atoms with Crippen molar-refractivity contribution in [1.29, 1.82) is 0 Å². The van der Waals surface area contributed by atoms with Gasteiger partial charge in [-0.25, -0.2) is 0 Å². The molecule has 17 heavy (non-hydrogen) atoms. The number of oxime groups is 1. The zero-order valence-corrected chi connectivity index (χ0v) is 10.0. The number of hydrogen-bond donors (Lipinski definition) is 2. The van der Waals surface area contributed by atoms with Gasteiger partial charge in [0.1, 0.15) is 0 Å². The Morgan fingerprint density at radius 3 is 2.41 bits per heavy atom. The molecule has 4 nitrogen and oxygen atoms in total. The zero-order valence-electron chi connectivity index (χ0n) is 9.27. The Bertz CT molecular complexity index is 412. The molecule has 0 amide bonds. The van der Waals surface area contributed by atoms with Crippen LogP contribution in [-0.4, -0.2) is 34.7 Å². The fraction of sp³-hybridized carbons (Fsp3) is 0.417. The van der Waals surface area contributed by atoms with Crippen molar-refractivity contribution in [2.24, 2.45) is 5.16 Å². The van der Waals surface area contributed by atoms with Crippen molar-refractivity contribution < 1.29 is 15.1 Å². The molecule has 1 aliphatic rings. The minimum absolute atomic E-state index is 0.239. The van der Waals surface area contributed by atoms with Crippen molar-refractivity contribution in [3.8, 4) is 0 Å². The van der Waals surface area contributed by atoms with Gasteiger partial charge in [-0.1, -0.05) is 28.9 Å². The second-order valence-corrected chi connectivity index (χ2v) is 4.66. The van der Waals surface area contributed by atoms with Gasteiger partial charge >= 0.3 is 0 Å². The fourth-order valence-corrected chi connectivity index (χ4v) is 1.88. The van der Waals surface area contributed by atoms with Crippen LogP contribution in [0.2, 0.25) is 5.02 Å². The topological polar surface area (TPSA) is 62.0 Å². The smallest absolute Gasteiger partial charge is 0.188 e. The van der Waals surface area contributed by atoms with Crippen LogP contribution in [-0.2, 0) is 11.3 Å². The molecule has 0 unspecified atom stereocenters. The van der Waals surface area contributed by atoms with Gasteiger partial charge in [0.05, 0.1) is 18.9 Å². The molecule has 0 radical (unpaired) electrons. The van der Waals surface area contributed by atoms with E-state index < -0.39 is 5.60 Å². The highest BCUT2D eigenvalue weighted by atomic mass is 35.5. The summed E-state index contributed by atoms with van der Waals surface area (Å²) in [6.45, 7) is -0.478. The third-order valence-electron chi connectivity index (χ3n) is 2.79. The number of aliphatic hydroxyl groups is 2. The van der Waals surface area contributed by atoms with E-state index >= 15 is 0 Å². The van der Waals surface area contributed by atoms with Gasteiger partial charge in [0, 0.05) is 17.9 Å². The van der Waals surface area contributed by atoms with E-state index in [1.54, 1.807) is 0 Å². The van der Waals surface area contributed by atoms with Crippen molar-refractivity contribution in [3.63, 3.8) is 0 Å². The van der Waals surface area contributed by atoms with E-state index in [-0.39, 0.29) is 13.2 Å². The molecule has 0 spiro atoms. The van der Waals surface area contributed by atoms with Gasteiger partial charge in [-0.15, -0.1) is 0 Å². The van der Waals surface area contributed by atoms with E-state index in [4.69, 9.17) is 26.7 Å². The molecule has 1 heterocycles. The van der Waals surface area contributed by atoms with Crippen LogP contribution in [0.5, 0.6) is 0 Å². The summed E-state index contributed by atoms with van der Waals surface area (Å²) in [5, 5.41) is 22.9. The third-order valence-corrected chi connectivity index (χ3v) is 3.04. The Balaban J connectivity index is 2.00. The molecule has 1 aliphatic heterocycles. The molecule has 0 atom stereocenters. The Morgan fingerprint density at radius 2 is 1.88 bits per heavy atom. The maximum Gasteiger partial charge on any atom is 0.188 e. The maximum atomic E-state index is 9.16. The van der Waals surface area contributed by atoms with Gasteiger partial charge in [0.2, 0.25) is 0 Å². The van der Waals surface area contributed by atoms with Gasteiger partial charge in [-0.05, 0) is 17.7 Å². The maximum absolute atomic E-state index is 9.16. The first-order valence-electron chi connectivity index (χ1n) is 5.37. The van der Waals surface area contributed by atoms with E-state index in [1.165, 1.54) is 0 Å². The summed E-state index contributed by atoms with van der Waals surface area (Å²) in [4.78, 5) is 5.11. The van der Waals surface area contributed by atoms with Gasteiger partial charge < -0.3 is 15.1 Å². The zero-order chi connectivity index (χ0) is 12.3. The van der Waals surface area contributed by atoms with Gasteiger partial charge in [-0.3, -0.25) is 0 Å². The number of hydrogen-bond acceptors (Lipinski definition) is 4. The number of halogens is 1. The lowest BCUT2D eigenvalue weighted by molar-refractivity contribution is -0.0878. The highest BCUT2D eigenvalue weighted by Gasteiger charge is 2.37. The summed E-state index contributed by atoms with van der Waals surface area (Å²) in [6, 6.07) is 7.47. The summed E-state index contributed by atoms with van der Waals surface area (Å²) >= 11 is 5.80. The van der Waals surface area contributed by atoms with Crippen molar-refractivity contribution in [1.82, 2.24) is 0 Å². The van der Waals surface area contributed by atoms with Crippen LogP contribution in [0.25, 0.3) is 0 Å². The van der Waals surface area contributed by atoms with E-state index in [1.807, 2.05) is 24.3 Å². The minimum atomic E-state index is -0.943. The summed E-state index contributed by atoms with van der Waals surface area (Å²) in [5.74, 6) is 0. The molecule has 1 aromatic carbocycles. The van der Waals surface area contributed by atoms with Crippen LogP contribution in [0, 0.1) is 0 Å². The number of rotatable bonds is 4. The molecule has 2 rings (SSSR count). The molecule has 0 bridgehead atoms. The first-order valence-corrected chi connectivity index (χ1v) is 5.75. The van der Waals surface area contributed by atoms with Crippen LogP contribution >= 0.6 is 11.6 Å². The van der Waals surface area contributed by atoms with Crippen LogP contribution < -0.4 is 0 Å². The monoisotopic (exact) mass is 255 g/mol. The Labute approximate surface area is 104 Å². The molecule has 0 saturated heterocycles. The van der Waals surface area contributed by atoms with Crippen LogP contribution in [0.3, 0.4) is 0 Å². The molecule has 0 aromatic heterocycles. The molecule has 1 aromatic rings. The highest BCUT2D eigenvalue weighted by Crippen LogP contribution is 2.24. The summed E-state index contributed by atoms with van der Waals surface area (Å²) in [6.07, 6.45) is 1.08. The van der Waals surface area contributed by atoms with Crippen LogP contribution in [0.15, 0.2) is 29.4 Å². The lowest BCUT2D eigenvalue weighted by Gasteiger charge is -2.20.